The van der Waals surface area contributed by atoms with Crippen molar-refractivity contribution in [1.29, 1.82) is 0 Å². The number of piperidine rings is 1. The fourth-order valence-corrected chi connectivity index (χ4v) is 1.42. The van der Waals surface area contributed by atoms with Crippen LogP contribution < -0.4 is 0 Å². The predicted octanol–water partition coefficient (Wildman–Crippen LogP) is 0.329. The van der Waals surface area contributed by atoms with E-state index in [-0.39, 0.29) is 11.8 Å². The first-order chi connectivity index (χ1) is 5.65. The van der Waals surface area contributed by atoms with E-state index < -0.39 is 5.97 Å². The molecule has 0 aromatic carbocycles. The number of likely N-dealkylation sites (tertiary alicyclic amines) is 1. The Morgan fingerprint density at radius 1 is 1.75 bits per heavy atom. The highest BCUT2D eigenvalue weighted by atomic mass is 16.4. The molecule has 1 unspecified atom stereocenters. The van der Waals surface area contributed by atoms with Crippen LogP contribution in [0.1, 0.15) is 19.8 Å². The van der Waals surface area contributed by atoms with Gasteiger partial charge in [-0.25, -0.2) is 0 Å². The Morgan fingerprint density at radius 2 is 2.42 bits per heavy atom. The van der Waals surface area contributed by atoms with Gasteiger partial charge in [0.1, 0.15) is 0 Å². The SMILES string of the molecule is CCN1CC(C(=O)O)CCC1=O. The van der Waals surface area contributed by atoms with Crippen molar-refractivity contribution in [2.75, 3.05) is 13.1 Å². The molecule has 1 N–H and O–H groups in total. The van der Waals surface area contributed by atoms with Crippen LogP contribution in [0.2, 0.25) is 0 Å². The first-order valence-corrected chi connectivity index (χ1v) is 4.15. The normalized spacial score (nSPS) is 24.2. The summed E-state index contributed by atoms with van der Waals surface area (Å²) in [4.78, 5) is 23.3. The molecule has 4 nitrogen and oxygen atoms in total. The number of nitrogens with zero attached hydrogens (tertiary/aromatic N) is 1. The van der Waals surface area contributed by atoms with E-state index in [1.54, 1.807) is 4.90 Å². The topological polar surface area (TPSA) is 57.6 Å². The van der Waals surface area contributed by atoms with E-state index in [1.807, 2.05) is 6.92 Å². The third kappa shape index (κ3) is 1.75. The minimum Gasteiger partial charge on any atom is -0.481 e. The van der Waals surface area contributed by atoms with Crippen LogP contribution >= 0.6 is 0 Å². The maximum atomic E-state index is 11.1. The Labute approximate surface area is 71.2 Å². The summed E-state index contributed by atoms with van der Waals surface area (Å²) in [6.07, 6.45) is 0.871. The van der Waals surface area contributed by atoms with Gasteiger partial charge in [0.2, 0.25) is 5.91 Å². The molecule has 1 fully saturated rings. The number of hydrogen-bond donors (Lipinski definition) is 1. The van der Waals surface area contributed by atoms with Crippen LogP contribution in [0.25, 0.3) is 0 Å². The van der Waals surface area contributed by atoms with Gasteiger partial charge in [0.05, 0.1) is 5.92 Å². The van der Waals surface area contributed by atoms with Crippen LogP contribution in [-0.4, -0.2) is 35.0 Å². The molecule has 0 radical (unpaired) electrons. The molecule has 1 heterocycles. The number of carbonyl (C=O) groups is 2. The summed E-state index contributed by atoms with van der Waals surface area (Å²) in [6, 6.07) is 0. The number of carboxylic acid groups (broad SMARTS) is 1. The van der Waals surface area contributed by atoms with Gasteiger partial charge in [-0.1, -0.05) is 0 Å². The van der Waals surface area contributed by atoms with Crippen molar-refractivity contribution in [1.82, 2.24) is 4.90 Å². The number of rotatable bonds is 2. The molecule has 0 aromatic heterocycles. The second-order valence-corrected chi connectivity index (χ2v) is 3.01. The number of carboxylic acids is 1. The molecular weight excluding hydrogens is 158 g/mol. The zero-order chi connectivity index (χ0) is 9.14. The Hall–Kier alpha value is -1.06. The van der Waals surface area contributed by atoms with Gasteiger partial charge >= 0.3 is 5.97 Å². The van der Waals surface area contributed by atoms with Crippen molar-refractivity contribution in [3.05, 3.63) is 0 Å². The van der Waals surface area contributed by atoms with Crippen molar-refractivity contribution >= 4 is 11.9 Å². The molecule has 1 aliphatic heterocycles. The molecule has 68 valence electrons. The van der Waals surface area contributed by atoms with Crippen LogP contribution in [0.4, 0.5) is 0 Å². The minimum atomic E-state index is -0.791. The maximum Gasteiger partial charge on any atom is 0.308 e. The highest BCUT2D eigenvalue weighted by Crippen LogP contribution is 2.16. The molecule has 1 atom stereocenters. The van der Waals surface area contributed by atoms with Gasteiger partial charge in [-0.15, -0.1) is 0 Å². The van der Waals surface area contributed by atoms with Gasteiger partial charge in [0.15, 0.2) is 0 Å². The van der Waals surface area contributed by atoms with Gasteiger partial charge in [-0.2, -0.15) is 0 Å². The van der Waals surface area contributed by atoms with E-state index >= 15 is 0 Å². The van der Waals surface area contributed by atoms with Crippen molar-refractivity contribution in [3.63, 3.8) is 0 Å². The Balaban J connectivity index is 2.55. The molecule has 1 aliphatic rings. The molecule has 0 saturated carbocycles. The summed E-state index contributed by atoms with van der Waals surface area (Å²) >= 11 is 0. The average molecular weight is 171 g/mol. The van der Waals surface area contributed by atoms with E-state index in [1.165, 1.54) is 0 Å². The lowest BCUT2D eigenvalue weighted by Crippen LogP contribution is -2.42. The van der Waals surface area contributed by atoms with Gasteiger partial charge in [0.25, 0.3) is 0 Å². The second kappa shape index (κ2) is 3.56. The molecule has 1 rings (SSSR count). The van der Waals surface area contributed by atoms with Crippen molar-refractivity contribution in [2.24, 2.45) is 5.92 Å². The Kier molecular flexibility index (Phi) is 2.68. The summed E-state index contributed by atoms with van der Waals surface area (Å²) < 4.78 is 0. The number of carbonyl (C=O) groups excluding carboxylic acids is 1. The lowest BCUT2D eigenvalue weighted by atomic mass is 9.98. The zero-order valence-corrected chi connectivity index (χ0v) is 7.12. The standard InChI is InChI=1S/C8H13NO3/c1-2-9-5-6(8(11)12)3-4-7(9)10/h6H,2-5H2,1H3,(H,11,12). The number of amides is 1. The Morgan fingerprint density at radius 3 is 2.92 bits per heavy atom. The highest BCUT2D eigenvalue weighted by molar-refractivity contribution is 5.80. The lowest BCUT2D eigenvalue weighted by molar-refractivity contribution is -0.147. The highest BCUT2D eigenvalue weighted by Gasteiger charge is 2.28. The van der Waals surface area contributed by atoms with E-state index in [0.717, 1.165) is 0 Å². The van der Waals surface area contributed by atoms with E-state index in [4.69, 9.17) is 5.11 Å². The van der Waals surface area contributed by atoms with E-state index in [2.05, 4.69) is 0 Å². The maximum absolute atomic E-state index is 11.1. The first-order valence-electron chi connectivity index (χ1n) is 4.15. The fraction of sp³-hybridized carbons (Fsp3) is 0.750. The van der Waals surface area contributed by atoms with Gasteiger partial charge < -0.3 is 10.0 Å². The van der Waals surface area contributed by atoms with E-state index in [9.17, 15) is 9.59 Å². The Bertz CT molecular complexity index is 202. The average Bonchev–Trinajstić information content (AvgIpc) is 2.05. The monoisotopic (exact) mass is 171 g/mol. The summed E-state index contributed by atoms with van der Waals surface area (Å²) in [6.45, 7) is 2.86. The summed E-state index contributed by atoms with van der Waals surface area (Å²) in [5.74, 6) is -1.07. The molecule has 12 heavy (non-hydrogen) atoms. The molecule has 1 saturated heterocycles. The smallest absolute Gasteiger partial charge is 0.308 e. The van der Waals surface area contributed by atoms with Crippen molar-refractivity contribution in [2.45, 2.75) is 19.8 Å². The third-order valence-corrected chi connectivity index (χ3v) is 2.23. The second-order valence-electron chi connectivity index (χ2n) is 3.01. The first kappa shape index (κ1) is 9.03. The quantitative estimate of drug-likeness (QED) is 0.651. The van der Waals surface area contributed by atoms with Gasteiger partial charge in [-0.05, 0) is 13.3 Å². The minimum absolute atomic E-state index is 0.0787. The number of aliphatic carboxylic acids is 1. The third-order valence-electron chi connectivity index (χ3n) is 2.23. The summed E-state index contributed by atoms with van der Waals surface area (Å²) in [5.41, 5.74) is 0. The van der Waals surface area contributed by atoms with Gasteiger partial charge in [-0.3, -0.25) is 9.59 Å². The van der Waals surface area contributed by atoms with E-state index in [0.29, 0.717) is 25.9 Å². The van der Waals surface area contributed by atoms with Crippen LogP contribution in [0, 0.1) is 5.92 Å². The molecule has 0 spiro atoms. The molecule has 0 bridgehead atoms. The van der Waals surface area contributed by atoms with Crippen molar-refractivity contribution < 1.29 is 14.7 Å². The van der Waals surface area contributed by atoms with Crippen LogP contribution in [0.3, 0.4) is 0 Å². The van der Waals surface area contributed by atoms with Gasteiger partial charge in [0, 0.05) is 19.5 Å². The van der Waals surface area contributed by atoms with Crippen LogP contribution in [-0.2, 0) is 9.59 Å². The molecule has 0 aliphatic carbocycles. The number of hydrogen-bond acceptors (Lipinski definition) is 2. The van der Waals surface area contributed by atoms with Crippen molar-refractivity contribution in [3.8, 4) is 0 Å². The fourth-order valence-electron chi connectivity index (χ4n) is 1.42. The van der Waals surface area contributed by atoms with Crippen LogP contribution in [0.5, 0.6) is 0 Å². The predicted molar refractivity (Wildman–Crippen MR) is 42.6 cm³/mol. The van der Waals surface area contributed by atoms with Crippen LogP contribution in [0.15, 0.2) is 0 Å². The largest absolute Gasteiger partial charge is 0.481 e. The zero-order valence-electron chi connectivity index (χ0n) is 7.12. The molecule has 0 aromatic rings. The summed E-state index contributed by atoms with van der Waals surface area (Å²) in [7, 11) is 0. The molecule has 4 heteroatoms. The lowest BCUT2D eigenvalue weighted by Gasteiger charge is -2.29. The molecular formula is C8H13NO3. The summed E-state index contributed by atoms with van der Waals surface area (Å²) in [5, 5.41) is 8.70. The molecule has 1 amide bonds.